The molecule has 0 aliphatic carbocycles. The number of carbonyl (C=O) groups is 1. The van der Waals surface area contributed by atoms with Crippen molar-refractivity contribution in [2.24, 2.45) is 0 Å². The molecule has 0 aliphatic heterocycles. The van der Waals surface area contributed by atoms with E-state index in [0.717, 1.165) is 5.56 Å². The molecule has 21 heavy (non-hydrogen) atoms. The summed E-state index contributed by atoms with van der Waals surface area (Å²) in [6.07, 6.45) is 3.01. The second-order valence-electron chi connectivity index (χ2n) is 4.19. The van der Waals surface area contributed by atoms with Gasteiger partial charge in [-0.05, 0) is 30.3 Å². The van der Waals surface area contributed by atoms with Crippen LogP contribution in [0.15, 0.2) is 48.5 Å². The molecule has 2 aromatic rings. The minimum absolute atomic E-state index is 0.0403. The zero-order valence-corrected chi connectivity index (χ0v) is 12.0. The Bertz CT molecular complexity index is 686. The summed E-state index contributed by atoms with van der Waals surface area (Å²) in [5, 5.41) is 2.56. The number of para-hydroxylation sites is 1. The van der Waals surface area contributed by atoms with Crippen LogP contribution >= 0.6 is 11.6 Å². The second kappa shape index (κ2) is 6.90. The molecule has 0 saturated carbocycles. The molecule has 0 unspecified atom stereocenters. The van der Waals surface area contributed by atoms with Gasteiger partial charge in [0.05, 0.1) is 12.1 Å². The summed E-state index contributed by atoms with van der Waals surface area (Å²) >= 11 is 5.65. The van der Waals surface area contributed by atoms with E-state index >= 15 is 0 Å². The van der Waals surface area contributed by atoms with Gasteiger partial charge in [-0.3, -0.25) is 4.79 Å². The average molecular weight is 306 g/mol. The number of rotatable bonds is 4. The lowest BCUT2D eigenvalue weighted by molar-refractivity contribution is -0.111. The van der Waals surface area contributed by atoms with Crippen LogP contribution in [0, 0.1) is 5.82 Å². The first-order valence-corrected chi connectivity index (χ1v) is 6.55. The maximum Gasteiger partial charge on any atom is 0.248 e. The maximum absolute atomic E-state index is 13.0. The molecule has 5 heteroatoms. The van der Waals surface area contributed by atoms with Crippen LogP contribution < -0.4 is 10.1 Å². The van der Waals surface area contributed by atoms with Crippen LogP contribution in [-0.2, 0) is 4.79 Å². The van der Waals surface area contributed by atoms with E-state index < -0.39 is 5.82 Å². The van der Waals surface area contributed by atoms with Crippen LogP contribution in [0.3, 0.4) is 0 Å². The molecule has 0 fully saturated rings. The first-order chi connectivity index (χ1) is 10.1. The smallest absolute Gasteiger partial charge is 0.248 e. The normalized spacial score (nSPS) is 10.6. The van der Waals surface area contributed by atoms with Gasteiger partial charge in [0.1, 0.15) is 11.6 Å². The fourth-order valence-corrected chi connectivity index (χ4v) is 1.91. The van der Waals surface area contributed by atoms with Gasteiger partial charge in [-0.15, -0.1) is 0 Å². The van der Waals surface area contributed by atoms with E-state index in [1.807, 2.05) is 18.2 Å². The standard InChI is InChI=1S/C16H13ClFNO2/c1-21-15-5-3-2-4-11(15)6-9-16(20)19-12-7-8-14(18)13(17)10-12/h2-10H,1H3,(H,19,20)/b9-6+. The highest BCUT2D eigenvalue weighted by Gasteiger charge is 2.03. The minimum atomic E-state index is -0.528. The van der Waals surface area contributed by atoms with Crippen LogP contribution in [-0.4, -0.2) is 13.0 Å². The summed E-state index contributed by atoms with van der Waals surface area (Å²) in [5.74, 6) is -0.200. The van der Waals surface area contributed by atoms with E-state index in [4.69, 9.17) is 16.3 Å². The van der Waals surface area contributed by atoms with Crippen molar-refractivity contribution >= 4 is 29.3 Å². The Balaban J connectivity index is 2.07. The van der Waals surface area contributed by atoms with Crippen LogP contribution in [0.4, 0.5) is 10.1 Å². The Morgan fingerprint density at radius 1 is 1.29 bits per heavy atom. The van der Waals surface area contributed by atoms with Crippen molar-refractivity contribution in [3.8, 4) is 5.75 Å². The number of nitrogens with one attached hydrogen (secondary N) is 1. The fraction of sp³-hybridized carbons (Fsp3) is 0.0625. The molecule has 0 aromatic heterocycles. The summed E-state index contributed by atoms with van der Waals surface area (Å²) in [6.45, 7) is 0. The van der Waals surface area contributed by atoms with Gasteiger partial charge in [0.25, 0.3) is 0 Å². The topological polar surface area (TPSA) is 38.3 Å². The molecule has 0 bridgehead atoms. The number of anilines is 1. The van der Waals surface area contributed by atoms with E-state index in [1.165, 1.54) is 24.3 Å². The van der Waals surface area contributed by atoms with Gasteiger partial charge < -0.3 is 10.1 Å². The number of ether oxygens (including phenoxy) is 1. The largest absolute Gasteiger partial charge is 0.496 e. The van der Waals surface area contributed by atoms with Gasteiger partial charge in [0, 0.05) is 17.3 Å². The van der Waals surface area contributed by atoms with Crippen LogP contribution in [0.5, 0.6) is 5.75 Å². The zero-order valence-electron chi connectivity index (χ0n) is 11.3. The number of hydrogen-bond donors (Lipinski definition) is 1. The third kappa shape index (κ3) is 4.07. The minimum Gasteiger partial charge on any atom is -0.496 e. The predicted octanol–water partition coefficient (Wildman–Crippen LogP) is 4.14. The van der Waals surface area contributed by atoms with E-state index in [0.29, 0.717) is 11.4 Å². The fourth-order valence-electron chi connectivity index (χ4n) is 1.73. The van der Waals surface area contributed by atoms with Crippen LogP contribution in [0.1, 0.15) is 5.56 Å². The molecule has 0 saturated heterocycles. The predicted molar refractivity (Wildman–Crippen MR) is 82.1 cm³/mol. The Kier molecular flexibility index (Phi) is 4.95. The maximum atomic E-state index is 13.0. The quantitative estimate of drug-likeness (QED) is 0.862. The molecule has 2 aromatic carbocycles. The van der Waals surface area contributed by atoms with Crippen molar-refractivity contribution in [2.75, 3.05) is 12.4 Å². The number of methoxy groups -OCH3 is 1. The first kappa shape index (κ1) is 15.1. The molecule has 108 valence electrons. The highest BCUT2D eigenvalue weighted by Crippen LogP contribution is 2.20. The van der Waals surface area contributed by atoms with Gasteiger partial charge in [-0.2, -0.15) is 0 Å². The average Bonchev–Trinajstić information content (AvgIpc) is 2.49. The summed E-state index contributed by atoms with van der Waals surface area (Å²) in [4.78, 5) is 11.8. The summed E-state index contributed by atoms with van der Waals surface area (Å²) in [5.41, 5.74) is 1.21. The molecule has 0 radical (unpaired) electrons. The molecule has 0 atom stereocenters. The molecule has 2 rings (SSSR count). The third-order valence-corrected chi connectivity index (χ3v) is 3.03. The Hall–Kier alpha value is -2.33. The van der Waals surface area contributed by atoms with Crippen molar-refractivity contribution in [3.05, 3.63) is 64.9 Å². The molecule has 0 heterocycles. The lowest BCUT2D eigenvalue weighted by atomic mass is 10.2. The van der Waals surface area contributed by atoms with Crippen molar-refractivity contribution in [3.63, 3.8) is 0 Å². The molecule has 3 nitrogen and oxygen atoms in total. The zero-order chi connectivity index (χ0) is 15.2. The monoisotopic (exact) mass is 305 g/mol. The highest BCUT2D eigenvalue weighted by molar-refractivity contribution is 6.31. The van der Waals surface area contributed by atoms with Gasteiger partial charge in [0.15, 0.2) is 0 Å². The number of amides is 1. The molecule has 1 amide bonds. The number of hydrogen-bond acceptors (Lipinski definition) is 2. The van der Waals surface area contributed by atoms with Crippen molar-refractivity contribution in [2.45, 2.75) is 0 Å². The summed E-state index contributed by atoms with van der Waals surface area (Å²) in [6, 6.07) is 11.3. The van der Waals surface area contributed by atoms with Gasteiger partial charge >= 0.3 is 0 Å². The Labute approximate surface area is 127 Å². The van der Waals surface area contributed by atoms with Crippen LogP contribution in [0.2, 0.25) is 5.02 Å². The van der Waals surface area contributed by atoms with Crippen LogP contribution in [0.25, 0.3) is 6.08 Å². The molecule has 0 spiro atoms. The van der Waals surface area contributed by atoms with E-state index in [9.17, 15) is 9.18 Å². The van der Waals surface area contributed by atoms with Gasteiger partial charge in [0.2, 0.25) is 5.91 Å². The van der Waals surface area contributed by atoms with E-state index in [-0.39, 0.29) is 10.9 Å². The molecular weight excluding hydrogens is 293 g/mol. The summed E-state index contributed by atoms with van der Waals surface area (Å²) in [7, 11) is 1.56. The van der Waals surface area contributed by atoms with Gasteiger partial charge in [-0.1, -0.05) is 29.8 Å². The first-order valence-electron chi connectivity index (χ1n) is 6.17. The van der Waals surface area contributed by atoms with E-state index in [2.05, 4.69) is 5.32 Å². The molecule has 0 aliphatic rings. The number of carbonyl (C=O) groups excluding carboxylic acids is 1. The summed E-state index contributed by atoms with van der Waals surface area (Å²) < 4.78 is 18.2. The lowest BCUT2D eigenvalue weighted by Gasteiger charge is -2.04. The number of benzene rings is 2. The van der Waals surface area contributed by atoms with Crippen molar-refractivity contribution in [1.82, 2.24) is 0 Å². The number of halogens is 2. The highest BCUT2D eigenvalue weighted by atomic mass is 35.5. The van der Waals surface area contributed by atoms with Crippen molar-refractivity contribution < 1.29 is 13.9 Å². The van der Waals surface area contributed by atoms with E-state index in [1.54, 1.807) is 19.3 Å². The lowest BCUT2D eigenvalue weighted by Crippen LogP contribution is -2.07. The third-order valence-electron chi connectivity index (χ3n) is 2.74. The Morgan fingerprint density at radius 2 is 2.05 bits per heavy atom. The second-order valence-corrected chi connectivity index (χ2v) is 4.60. The molecule has 1 N–H and O–H groups in total. The van der Waals surface area contributed by atoms with Gasteiger partial charge in [-0.25, -0.2) is 4.39 Å². The SMILES string of the molecule is COc1ccccc1/C=C/C(=O)Nc1ccc(F)c(Cl)c1. The Morgan fingerprint density at radius 3 is 2.76 bits per heavy atom. The van der Waals surface area contributed by atoms with Crippen molar-refractivity contribution in [1.29, 1.82) is 0 Å². The molecular formula is C16H13ClFNO2.